The minimum atomic E-state index is -0.555. The SMILES string of the molecule is CC(C)(C)OC(=O)Nc1cccc2c1CCCN2C(=O)[C@@H]1CCCO1. The molecule has 2 amide bonds. The lowest BCUT2D eigenvalue weighted by Gasteiger charge is -2.32. The predicted octanol–water partition coefficient (Wildman–Crippen LogP) is 3.49. The van der Waals surface area contributed by atoms with E-state index in [4.69, 9.17) is 9.47 Å². The van der Waals surface area contributed by atoms with E-state index in [-0.39, 0.29) is 12.0 Å². The summed E-state index contributed by atoms with van der Waals surface area (Å²) >= 11 is 0. The van der Waals surface area contributed by atoms with Gasteiger partial charge in [-0.2, -0.15) is 0 Å². The van der Waals surface area contributed by atoms with E-state index in [0.29, 0.717) is 18.8 Å². The molecule has 6 nitrogen and oxygen atoms in total. The van der Waals surface area contributed by atoms with Crippen molar-refractivity contribution in [2.45, 2.75) is 58.2 Å². The second-order valence-electron chi connectivity index (χ2n) is 7.53. The van der Waals surface area contributed by atoms with Gasteiger partial charge in [-0.15, -0.1) is 0 Å². The van der Waals surface area contributed by atoms with Gasteiger partial charge in [0.2, 0.25) is 0 Å². The first-order chi connectivity index (χ1) is 11.8. The van der Waals surface area contributed by atoms with Crippen molar-refractivity contribution in [3.05, 3.63) is 23.8 Å². The number of amides is 2. The first-order valence-corrected chi connectivity index (χ1v) is 8.90. The molecule has 0 aromatic heterocycles. The van der Waals surface area contributed by atoms with Crippen LogP contribution in [0.15, 0.2) is 18.2 Å². The van der Waals surface area contributed by atoms with Gasteiger partial charge in [0.25, 0.3) is 5.91 Å². The highest BCUT2D eigenvalue weighted by molar-refractivity contribution is 5.99. The third-order valence-electron chi connectivity index (χ3n) is 4.36. The van der Waals surface area contributed by atoms with Gasteiger partial charge in [-0.1, -0.05) is 6.07 Å². The Morgan fingerprint density at radius 2 is 2.08 bits per heavy atom. The van der Waals surface area contributed by atoms with Gasteiger partial charge < -0.3 is 14.4 Å². The molecule has 0 unspecified atom stereocenters. The van der Waals surface area contributed by atoms with Crippen LogP contribution in [0.25, 0.3) is 0 Å². The van der Waals surface area contributed by atoms with E-state index in [1.165, 1.54) is 0 Å². The van der Waals surface area contributed by atoms with Gasteiger partial charge in [0.15, 0.2) is 0 Å². The summed E-state index contributed by atoms with van der Waals surface area (Å²) in [6, 6.07) is 5.64. The topological polar surface area (TPSA) is 67.9 Å². The summed E-state index contributed by atoms with van der Waals surface area (Å²) in [5.74, 6) is 0.0212. The molecule has 1 aromatic rings. The molecule has 25 heavy (non-hydrogen) atoms. The second kappa shape index (κ2) is 7.04. The van der Waals surface area contributed by atoms with Gasteiger partial charge in [-0.05, 0) is 64.2 Å². The quantitative estimate of drug-likeness (QED) is 0.890. The maximum atomic E-state index is 12.8. The number of hydrogen-bond donors (Lipinski definition) is 1. The molecule has 0 saturated carbocycles. The fourth-order valence-electron chi connectivity index (χ4n) is 3.33. The van der Waals surface area contributed by atoms with Crippen molar-refractivity contribution in [3.63, 3.8) is 0 Å². The molecule has 1 atom stereocenters. The maximum absolute atomic E-state index is 12.8. The van der Waals surface area contributed by atoms with E-state index in [2.05, 4.69) is 5.32 Å². The summed E-state index contributed by atoms with van der Waals surface area (Å²) in [7, 11) is 0. The number of rotatable bonds is 2. The smallest absolute Gasteiger partial charge is 0.412 e. The Hall–Kier alpha value is -2.08. The minimum Gasteiger partial charge on any atom is -0.444 e. The Kier molecular flexibility index (Phi) is 4.99. The maximum Gasteiger partial charge on any atom is 0.412 e. The molecule has 1 aromatic carbocycles. The summed E-state index contributed by atoms with van der Waals surface area (Å²) < 4.78 is 10.9. The normalized spacial score (nSPS) is 20.1. The van der Waals surface area contributed by atoms with Gasteiger partial charge in [0.1, 0.15) is 11.7 Å². The highest BCUT2D eigenvalue weighted by Gasteiger charge is 2.32. The number of hydrogen-bond acceptors (Lipinski definition) is 4. The third-order valence-corrected chi connectivity index (χ3v) is 4.36. The summed E-state index contributed by atoms with van der Waals surface area (Å²) in [6.07, 6.45) is 2.56. The van der Waals surface area contributed by atoms with Crippen LogP contribution in [0.3, 0.4) is 0 Å². The van der Waals surface area contributed by atoms with E-state index >= 15 is 0 Å². The zero-order valence-electron chi connectivity index (χ0n) is 15.1. The van der Waals surface area contributed by atoms with Gasteiger partial charge in [-0.25, -0.2) is 4.79 Å². The molecule has 6 heteroatoms. The molecule has 1 N–H and O–H groups in total. The van der Waals surface area contributed by atoms with Crippen molar-refractivity contribution >= 4 is 23.4 Å². The van der Waals surface area contributed by atoms with Gasteiger partial charge in [0, 0.05) is 24.5 Å². The third kappa shape index (κ3) is 4.12. The van der Waals surface area contributed by atoms with Crippen molar-refractivity contribution in [1.82, 2.24) is 0 Å². The molecule has 0 aliphatic carbocycles. The summed E-state index contributed by atoms with van der Waals surface area (Å²) in [5.41, 5.74) is 1.99. The zero-order valence-corrected chi connectivity index (χ0v) is 15.1. The number of benzene rings is 1. The molecule has 2 aliphatic rings. The summed E-state index contributed by atoms with van der Waals surface area (Å²) in [5, 5.41) is 2.83. The highest BCUT2D eigenvalue weighted by atomic mass is 16.6. The average molecular weight is 346 g/mol. The van der Waals surface area contributed by atoms with Crippen molar-refractivity contribution in [2.75, 3.05) is 23.4 Å². The lowest BCUT2D eigenvalue weighted by atomic mass is 9.99. The monoisotopic (exact) mass is 346 g/mol. The van der Waals surface area contributed by atoms with Crippen LogP contribution in [-0.4, -0.2) is 36.9 Å². The Morgan fingerprint density at radius 3 is 2.76 bits per heavy atom. The number of anilines is 2. The first-order valence-electron chi connectivity index (χ1n) is 8.90. The fourth-order valence-corrected chi connectivity index (χ4v) is 3.33. The van der Waals surface area contributed by atoms with Crippen molar-refractivity contribution in [1.29, 1.82) is 0 Å². The number of carbonyl (C=O) groups is 2. The molecule has 2 aliphatic heterocycles. The average Bonchev–Trinajstić information content (AvgIpc) is 3.06. The second-order valence-corrected chi connectivity index (χ2v) is 7.53. The molecule has 1 saturated heterocycles. The van der Waals surface area contributed by atoms with E-state index in [9.17, 15) is 9.59 Å². The van der Waals surface area contributed by atoms with Crippen molar-refractivity contribution in [2.24, 2.45) is 0 Å². The Balaban J connectivity index is 1.81. The highest BCUT2D eigenvalue weighted by Crippen LogP contribution is 2.34. The Labute approximate surface area is 148 Å². The molecule has 0 bridgehead atoms. The van der Waals surface area contributed by atoms with Gasteiger partial charge in [-0.3, -0.25) is 10.1 Å². The number of nitrogens with one attached hydrogen (secondary N) is 1. The van der Waals surface area contributed by atoms with Crippen LogP contribution < -0.4 is 10.2 Å². The van der Waals surface area contributed by atoms with Crippen LogP contribution in [0.2, 0.25) is 0 Å². The summed E-state index contributed by atoms with van der Waals surface area (Å²) in [4.78, 5) is 26.7. The molecular weight excluding hydrogens is 320 g/mol. The minimum absolute atomic E-state index is 0.0212. The molecule has 1 fully saturated rings. The van der Waals surface area contributed by atoms with Gasteiger partial charge >= 0.3 is 6.09 Å². The molecule has 136 valence electrons. The van der Waals surface area contributed by atoms with E-state index in [1.807, 2.05) is 39.0 Å². The molecule has 3 rings (SSSR count). The first kappa shape index (κ1) is 17.7. The van der Waals surface area contributed by atoms with E-state index in [0.717, 1.165) is 36.9 Å². The number of carbonyl (C=O) groups excluding carboxylic acids is 2. The molecule has 0 radical (unpaired) electrons. The van der Waals surface area contributed by atoms with Crippen LogP contribution in [0.1, 0.15) is 45.6 Å². The molecule has 0 spiro atoms. The number of fused-ring (bicyclic) bond motifs is 1. The standard InChI is InChI=1S/C19H26N2O4/c1-19(2,3)25-18(23)20-14-8-4-9-15-13(14)7-5-11-21(15)17(22)16-10-6-12-24-16/h4,8-9,16H,5-7,10-12H2,1-3H3,(H,20,23)/t16-/m0/s1. The van der Waals surface area contributed by atoms with Crippen LogP contribution in [-0.2, 0) is 20.7 Å². The van der Waals surface area contributed by atoms with Crippen molar-refractivity contribution < 1.29 is 19.1 Å². The Morgan fingerprint density at radius 1 is 1.28 bits per heavy atom. The van der Waals surface area contributed by atoms with E-state index < -0.39 is 11.7 Å². The molecular formula is C19H26N2O4. The van der Waals surface area contributed by atoms with Crippen LogP contribution in [0.4, 0.5) is 16.2 Å². The Bertz CT molecular complexity index is 660. The molecule has 2 heterocycles. The van der Waals surface area contributed by atoms with Crippen molar-refractivity contribution in [3.8, 4) is 0 Å². The lowest BCUT2D eigenvalue weighted by Crippen LogP contribution is -2.42. The predicted molar refractivity (Wildman–Crippen MR) is 95.9 cm³/mol. The van der Waals surface area contributed by atoms with E-state index in [1.54, 1.807) is 4.90 Å². The number of ether oxygens (including phenoxy) is 2. The van der Waals surface area contributed by atoms with Crippen LogP contribution in [0.5, 0.6) is 0 Å². The summed E-state index contributed by atoms with van der Waals surface area (Å²) in [6.45, 7) is 6.82. The van der Waals surface area contributed by atoms with Gasteiger partial charge in [0.05, 0.1) is 0 Å². The van der Waals surface area contributed by atoms with Crippen LogP contribution >= 0.6 is 0 Å². The largest absolute Gasteiger partial charge is 0.444 e. The number of nitrogens with zero attached hydrogens (tertiary/aromatic N) is 1. The lowest BCUT2D eigenvalue weighted by molar-refractivity contribution is -0.127. The van der Waals surface area contributed by atoms with Crippen LogP contribution in [0, 0.1) is 0 Å². The fraction of sp³-hybridized carbons (Fsp3) is 0.579. The zero-order chi connectivity index (χ0) is 18.0.